The summed E-state index contributed by atoms with van der Waals surface area (Å²) in [6.07, 6.45) is -1.96. The van der Waals surface area contributed by atoms with Gasteiger partial charge in [0.05, 0.1) is 6.04 Å². The molecule has 1 unspecified atom stereocenters. The summed E-state index contributed by atoms with van der Waals surface area (Å²) < 4.78 is 24.8. The van der Waals surface area contributed by atoms with E-state index in [9.17, 15) is 8.78 Å². The van der Waals surface area contributed by atoms with Crippen molar-refractivity contribution in [2.75, 3.05) is 0 Å². The van der Waals surface area contributed by atoms with Gasteiger partial charge < -0.3 is 5.32 Å². The Kier molecular flexibility index (Phi) is 2.70. The quantitative estimate of drug-likeness (QED) is 0.763. The molecule has 0 saturated carbocycles. The van der Waals surface area contributed by atoms with Crippen molar-refractivity contribution in [3.63, 3.8) is 0 Å². The van der Waals surface area contributed by atoms with Crippen LogP contribution >= 0.6 is 11.6 Å². The van der Waals surface area contributed by atoms with Gasteiger partial charge in [-0.15, -0.1) is 0 Å². The van der Waals surface area contributed by atoms with Crippen LogP contribution in [0.4, 0.5) is 8.78 Å². The number of fused-ring (bicyclic) bond motifs is 1. The number of rotatable bonds is 1. The minimum atomic E-state index is -2.32. The molecule has 2 rings (SSSR count). The van der Waals surface area contributed by atoms with Crippen molar-refractivity contribution in [3.8, 4) is 0 Å². The summed E-state index contributed by atoms with van der Waals surface area (Å²) in [6.45, 7) is 0.501. The van der Waals surface area contributed by atoms with E-state index in [0.717, 1.165) is 11.1 Å². The van der Waals surface area contributed by atoms with Gasteiger partial charge in [0.15, 0.2) is 0 Å². The molecule has 4 heteroatoms. The van der Waals surface area contributed by atoms with Crippen molar-refractivity contribution in [2.45, 2.75) is 25.4 Å². The highest BCUT2D eigenvalue weighted by Gasteiger charge is 2.25. The van der Waals surface area contributed by atoms with Crippen molar-refractivity contribution in [3.05, 3.63) is 34.3 Å². The first-order valence-corrected chi connectivity index (χ1v) is 4.83. The van der Waals surface area contributed by atoms with E-state index in [0.29, 0.717) is 18.0 Å². The lowest BCUT2D eigenvalue weighted by atomic mass is 9.96. The molecule has 0 bridgehead atoms. The summed E-state index contributed by atoms with van der Waals surface area (Å²) in [5.41, 5.74) is 1.99. The van der Waals surface area contributed by atoms with Crippen LogP contribution in [-0.4, -0.2) is 12.5 Å². The van der Waals surface area contributed by atoms with Crippen molar-refractivity contribution in [2.24, 2.45) is 0 Å². The molecular weight excluding hydrogens is 208 g/mol. The van der Waals surface area contributed by atoms with E-state index in [1.807, 2.05) is 6.07 Å². The summed E-state index contributed by atoms with van der Waals surface area (Å²) >= 11 is 5.80. The van der Waals surface area contributed by atoms with Crippen LogP contribution in [0.5, 0.6) is 0 Å². The molecule has 0 spiro atoms. The van der Waals surface area contributed by atoms with Crippen LogP contribution < -0.4 is 5.32 Å². The molecule has 1 aliphatic rings. The van der Waals surface area contributed by atoms with Crippen molar-refractivity contribution in [1.29, 1.82) is 0 Å². The first-order valence-electron chi connectivity index (χ1n) is 4.45. The topological polar surface area (TPSA) is 12.0 Å². The van der Waals surface area contributed by atoms with E-state index < -0.39 is 12.5 Å². The Hall–Kier alpha value is -0.670. The largest absolute Gasteiger partial charge is 0.304 e. The SMILES string of the molecule is FC(F)C1Cc2cc(Cl)ccc2CN1. The maximum Gasteiger partial charge on any atom is 0.254 e. The number of hydrogen-bond acceptors (Lipinski definition) is 1. The summed E-state index contributed by atoms with van der Waals surface area (Å²) in [4.78, 5) is 0. The smallest absolute Gasteiger partial charge is 0.254 e. The van der Waals surface area contributed by atoms with Gasteiger partial charge >= 0.3 is 0 Å². The molecule has 1 aliphatic heterocycles. The van der Waals surface area contributed by atoms with Crippen molar-refractivity contribution < 1.29 is 8.78 Å². The van der Waals surface area contributed by atoms with Crippen LogP contribution in [0.15, 0.2) is 18.2 Å². The second kappa shape index (κ2) is 3.83. The minimum Gasteiger partial charge on any atom is -0.304 e. The summed E-state index contributed by atoms with van der Waals surface area (Å²) in [6, 6.07) is 4.70. The molecule has 76 valence electrons. The van der Waals surface area contributed by atoms with E-state index in [4.69, 9.17) is 11.6 Å². The van der Waals surface area contributed by atoms with E-state index in [-0.39, 0.29) is 0 Å². The predicted molar refractivity (Wildman–Crippen MR) is 51.8 cm³/mol. The third-order valence-electron chi connectivity index (χ3n) is 2.47. The van der Waals surface area contributed by atoms with Gasteiger partial charge in [0.1, 0.15) is 0 Å². The lowest BCUT2D eigenvalue weighted by Crippen LogP contribution is -2.40. The minimum absolute atomic E-state index is 0.355. The lowest BCUT2D eigenvalue weighted by molar-refractivity contribution is 0.0942. The van der Waals surface area contributed by atoms with Crippen LogP contribution in [-0.2, 0) is 13.0 Å². The van der Waals surface area contributed by atoms with Crippen LogP contribution in [0, 0.1) is 0 Å². The van der Waals surface area contributed by atoms with E-state index in [1.165, 1.54) is 0 Å². The van der Waals surface area contributed by atoms with Gasteiger partial charge in [-0.05, 0) is 29.7 Å². The van der Waals surface area contributed by atoms with E-state index in [2.05, 4.69) is 5.32 Å². The van der Waals surface area contributed by atoms with Crippen LogP contribution in [0.2, 0.25) is 5.02 Å². The molecule has 0 saturated heterocycles. The summed E-state index contributed by atoms with van der Waals surface area (Å²) in [5.74, 6) is 0. The third-order valence-corrected chi connectivity index (χ3v) is 2.70. The second-order valence-electron chi connectivity index (χ2n) is 3.44. The molecule has 0 aliphatic carbocycles. The van der Waals surface area contributed by atoms with Gasteiger partial charge in [-0.3, -0.25) is 0 Å². The Bertz CT molecular complexity index is 341. The Morgan fingerprint density at radius 2 is 2.14 bits per heavy atom. The Balaban J connectivity index is 2.24. The van der Waals surface area contributed by atoms with Crippen LogP contribution in [0.3, 0.4) is 0 Å². The number of hydrogen-bond donors (Lipinski definition) is 1. The lowest BCUT2D eigenvalue weighted by Gasteiger charge is -2.25. The number of nitrogens with one attached hydrogen (secondary N) is 1. The number of alkyl halides is 2. The van der Waals surface area contributed by atoms with Crippen molar-refractivity contribution in [1.82, 2.24) is 5.32 Å². The highest BCUT2D eigenvalue weighted by molar-refractivity contribution is 6.30. The fourth-order valence-electron chi connectivity index (χ4n) is 1.69. The average molecular weight is 218 g/mol. The molecule has 1 nitrogen and oxygen atoms in total. The van der Waals surface area contributed by atoms with E-state index >= 15 is 0 Å². The molecule has 0 fully saturated rings. The Morgan fingerprint density at radius 3 is 2.86 bits per heavy atom. The van der Waals surface area contributed by atoms with Gasteiger partial charge in [0.25, 0.3) is 6.43 Å². The van der Waals surface area contributed by atoms with Gasteiger partial charge in [0, 0.05) is 11.6 Å². The first-order chi connectivity index (χ1) is 6.66. The molecule has 0 amide bonds. The average Bonchev–Trinajstić information content (AvgIpc) is 2.16. The monoisotopic (exact) mass is 217 g/mol. The summed E-state index contributed by atoms with van der Waals surface area (Å²) in [7, 11) is 0. The molecule has 1 atom stereocenters. The Labute approximate surface area is 86.1 Å². The first kappa shape index (κ1) is 9.87. The molecule has 14 heavy (non-hydrogen) atoms. The normalized spacial score (nSPS) is 21.0. The van der Waals surface area contributed by atoms with Gasteiger partial charge in [-0.25, -0.2) is 8.78 Å². The number of benzene rings is 1. The standard InChI is InChI=1S/C10H10ClF2N/c11-8-2-1-6-5-14-9(10(12)13)4-7(6)3-8/h1-3,9-10,14H,4-5H2. The molecule has 1 aromatic rings. The zero-order valence-corrected chi connectivity index (χ0v) is 8.19. The maximum atomic E-state index is 12.4. The molecule has 1 aromatic carbocycles. The molecule has 1 heterocycles. The zero-order chi connectivity index (χ0) is 10.1. The zero-order valence-electron chi connectivity index (χ0n) is 7.43. The fourth-order valence-corrected chi connectivity index (χ4v) is 1.88. The molecule has 0 aromatic heterocycles. The fraction of sp³-hybridized carbons (Fsp3) is 0.400. The molecular formula is C10H10ClF2N. The van der Waals surface area contributed by atoms with E-state index in [1.54, 1.807) is 12.1 Å². The Morgan fingerprint density at radius 1 is 1.36 bits per heavy atom. The second-order valence-corrected chi connectivity index (χ2v) is 3.88. The van der Waals surface area contributed by atoms with Crippen LogP contribution in [0.1, 0.15) is 11.1 Å². The maximum absolute atomic E-state index is 12.4. The summed E-state index contributed by atoms with van der Waals surface area (Å²) in [5, 5.41) is 3.41. The van der Waals surface area contributed by atoms with Crippen LogP contribution in [0.25, 0.3) is 0 Å². The third kappa shape index (κ3) is 1.88. The van der Waals surface area contributed by atoms with Gasteiger partial charge in [-0.2, -0.15) is 0 Å². The molecule has 1 N–H and O–H groups in total. The highest BCUT2D eigenvalue weighted by atomic mass is 35.5. The van der Waals surface area contributed by atoms with Gasteiger partial charge in [0.2, 0.25) is 0 Å². The van der Waals surface area contributed by atoms with Crippen molar-refractivity contribution >= 4 is 11.6 Å². The predicted octanol–water partition coefficient (Wildman–Crippen LogP) is 2.62. The number of halogens is 3. The highest BCUT2D eigenvalue weighted by Crippen LogP contribution is 2.22. The van der Waals surface area contributed by atoms with Gasteiger partial charge in [-0.1, -0.05) is 17.7 Å². The molecule has 0 radical (unpaired) electrons.